The molecular formula is C8H17NO2S. The van der Waals surface area contributed by atoms with Gasteiger partial charge in [-0.3, -0.25) is 4.79 Å². The molecule has 0 amide bonds. The first-order valence-corrected chi connectivity index (χ1v) is 5.01. The van der Waals surface area contributed by atoms with Crippen LogP contribution in [0.4, 0.5) is 0 Å². The molecule has 72 valence electrons. The minimum absolute atomic E-state index is 0.154. The van der Waals surface area contributed by atoms with Crippen LogP contribution in [0.3, 0.4) is 0 Å². The molecule has 4 heteroatoms. The summed E-state index contributed by atoms with van der Waals surface area (Å²) in [5.74, 6) is -0.586. The lowest BCUT2D eigenvalue weighted by Crippen LogP contribution is -2.27. The van der Waals surface area contributed by atoms with Crippen LogP contribution in [0, 0.1) is 5.92 Å². The van der Waals surface area contributed by atoms with Gasteiger partial charge in [0.25, 0.3) is 0 Å². The molecule has 0 heterocycles. The minimum atomic E-state index is -0.740. The van der Waals surface area contributed by atoms with Crippen LogP contribution >= 0.6 is 11.8 Å². The summed E-state index contributed by atoms with van der Waals surface area (Å²) in [6, 6.07) is 0. The minimum Gasteiger partial charge on any atom is -0.480 e. The maximum atomic E-state index is 10.7. The highest BCUT2D eigenvalue weighted by Gasteiger charge is 2.23. The monoisotopic (exact) mass is 191 g/mol. The van der Waals surface area contributed by atoms with Gasteiger partial charge in [-0.05, 0) is 5.92 Å². The molecule has 0 aliphatic rings. The molecule has 12 heavy (non-hydrogen) atoms. The third-order valence-electron chi connectivity index (χ3n) is 1.56. The van der Waals surface area contributed by atoms with E-state index in [4.69, 9.17) is 10.8 Å². The lowest BCUT2D eigenvalue weighted by molar-refractivity contribution is -0.137. The molecule has 0 aliphatic carbocycles. The average Bonchev–Trinajstić information content (AvgIpc) is 1.98. The second kappa shape index (κ2) is 5.43. The van der Waals surface area contributed by atoms with E-state index in [1.54, 1.807) is 0 Å². The second-order valence-corrected chi connectivity index (χ2v) is 4.77. The predicted molar refractivity (Wildman–Crippen MR) is 52.4 cm³/mol. The summed E-state index contributed by atoms with van der Waals surface area (Å²) in [4.78, 5) is 10.7. The van der Waals surface area contributed by atoms with Crippen molar-refractivity contribution in [3.63, 3.8) is 0 Å². The van der Waals surface area contributed by atoms with Crippen LogP contribution in [0.5, 0.6) is 0 Å². The number of carboxylic acids is 1. The molecule has 0 aromatic rings. The first-order valence-electron chi connectivity index (χ1n) is 4.07. The van der Waals surface area contributed by atoms with Gasteiger partial charge in [0.05, 0.1) is 0 Å². The lowest BCUT2D eigenvalue weighted by atomic mass is 10.1. The summed E-state index contributed by atoms with van der Waals surface area (Å²) >= 11 is 1.44. The molecule has 0 rings (SSSR count). The van der Waals surface area contributed by atoms with E-state index in [0.29, 0.717) is 6.54 Å². The number of hydrogen-bond donors (Lipinski definition) is 2. The molecule has 2 unspecified atom stereocenters. The van der Waals surface area contributed by atoms with Gasteiger partial charge in [0, 0.05) is 11.8 Å². The summed E-state index contributed by atoms with van der Waals surface area (Å²) in [5.41, 5.74) is 5.41. The van der Waals surface area contributed by atoms with Crippen LogP contribution in [-0.4, -0.2) is 28.1 Å². The van der Waals surface area contributed by atoms with E-state index in [9.17, 15) is 4.79 Å². The topological polar surface area (TPSA) is 63.3 Å². The van der Waals surface area contributed by atoms with Crippen LogP contribution < -0.4 is 5.73 Å². The quantitative estimate of drug-likeness (QED) is 0.685. The van der Waals surface area contributed by atoms with Gasteiger partial charge in [0.1, 0.15) is 5.25 Å². The lowest BCUT2D eigenvalue weighted by Gasteiger charge is -2.18. The van der Waals surface area contributed by atoms with E-state index in [-0.39, 0.29) is 16.4 Å². The molecule has 0 fully saturated rings. The van der Waals surface area contributed by atoms with E-state index < -0.39 is 5.97 Å². The zero-order valence-corrected chi connectivity index (χ0v) is 8.60. The highest BCUT2D eigenvalue weighted by atomic mass is 32.2. The van der Waals surface area contributed by atoms with Gasteiger partial charge >= 0.3 is 5.97 Å². The highest BCUT2D eigenvalue weighted by Crippen LogP contribution is 2.23. The Morgan fingerprint density at radius 3 is 2.25 bits per heavy atom. The van der Waals surface area contributed by atoms with E-state index in [0.717, 1.165) is 0 Å². The van der Waals surface area contributed by atoms with Crippen molar-refractivity contribution in [2.45, 2.75) is 31.3 Å². The van der Waals surface area contributed by atoms with E-state index in [1.165, 1.54) is 11.8 Å². The van der Waals surface area contributed by atoms with Crippen molar-refractivity contribution in [2.75, 3.05) is 6.54 Å². The number of aliphatic carboxylic acids is 1. The maximum Gasteiger partial charge on any atom is 0.316 e. The summed E-state index contributed by atoms with van der Waals surface area (Å²) in [5, 5.41) is 8.71. The largest absolute Gasteiger partial charge is 0.480 e. The molecule has 0 bridgehead atoms. The zero-order chi connectivity index (χ0) is 9.72. The summed E-state index contributed by atoms with van der Waals surface area (Å²) in [6.45, 7) is 6.30. The van der Waals surface area contributed by atoms with Crippen molar-refractivity contribution in [1.29, 1.82) is 0 Å². The molecule has 0 aromatic heterocycles. The van der Waals surface area contributed by atoms with Crippen LogP contribution in [0.15, 0.2) is 0 Å². The Morgan fingerprint density at radius 1 is 1.50 bits per heavy atom. The molecule has 0 aromatic carbocycles. The first kappa shape index (κ1) is 11.8. The molecule has 3 nitrogen and oxygen atoms in total. The number of nitrogens with two attached hydrogens (primary N) is 1. The van der Waals surface area contributed by atoms with Crippen LogP contribution in [0.25, 0.3) is 0 Å². The first-order chi connectivity index (χ1) is 5.49. The summed E-state index contributed by atoms with van der Waals surface area (Å²) in [6.07, 6.45) is 0. The maximum absolute atomic E-state index is 10.7. The van der Waals surface area contributed by atoms with Gasteiger partial charge in [-0.1, -0.05) is 20.8 Å². The number of hydrogen-bond acceptors (Lipinski definition) is 3. The second-order valence-electron chi connectivity index (χ2n) is 3.19. The van der Waals surface area contributed by atoms with Gasteiger partial charge in [0.2, 0.25) is 0 Å². The van der Waals surface area contributed by atoms with Crippen LogP contribution in [-0.2, 0) is 4.79 Å². The van der Waals surface area contributed by atoms with E-state index >= 15 is 0 Å². The van der Waals surface area contributed by atoms with Gasteiger partial charge < -0.3 is 10.8 Å². The van der Waals surface area contributed by atoms with Crippen molar-refractivity contribution >= 4 is 17.7 Å². The molecule has 2 atom stereocenters. The van der Waals surface area contributed by atoms with Crippen molar-refractivity contribution < 1.29 is 9.90 Å². The molecule has 3 N–H and O–H groups in total. The van der Waals surface area contributed by atoms with Gasteiger partial charge in [0.15, 0.2) is 0 Å². The summed E-state index contributed by atoms with van der Waals surface area (Å²) < 4.78 is 0. The highest BCUT2D eigenvalue weighted by molar-refractivity contribution is 8.01. The molecule has 0 radical (unpaired) electrons. The van der Waals surface area contributed by atoms with Crippen LogP contribution in [0.2, 0.25) is 0 Å². The van der Waals surface area contributed by atoms with Gasteiger partial charge in [-0.2, -0.15) is 0 Å². The van der Waals surface area contributed by atoms with Crippen LogP contribution in [0.1, 0.15) is 20.8 Å². The Bertz CT molecular complexity index is 150. The number of carboxylic acid groups (broad SMARTS) is 1. The van der Waals surface area contributed by atoms with Gasteiger partial charge in [-0.25, -0.2) is 0 Å². The van der Waals surface area contributed by atoms with E-state index in [1.807, 2.05) is 20.8 Å². The zero-order valence-electron chi connectivity index (χ0n) is 7.78. The third-order valence-corrected chi connectivity index (χ3v) is 3.26. The standard InChI is InChI=1S/C8H17NO2S/c1-5(2)7(8(10)11)12-6(3)4-9/h5-7H,4,9H2,1-3H3,(H,10,11). The van der Waals surface area contributed by atoms with Crippen molar-refractivity contribution in [3.05, 3.63) is 0 Å². The fraction of sp³-hybridized carbons (Fsp3) is 0.875. The molecule has 0 spiro atoms. The average molecular weight is 191 g/mol. The number of thioether (sulfide) groups is 1. The Balaban J connectivity index is 4.05. The normalized spacial score (nSPS) is 16.1. The van der Waals surface area contributed by atoms with Gasteiger partial charge in [-0.15, -0.1) is 11.8 Å². The molecule has 0 saturated heterocycles. The molecule has 0 saturated carbocycles. The Morgan fingerprint density at radius 2 is 2.00 bits per heavy atom. The van der Waals surface area contributed by atoms with Crippen molar-refractivity contribution in [1.82, 2.24) is 0 Å². The predicted octanol–water partition coefficient (Wildman–Crippen LogP) is 1.18. The Labute approximate surface area is 77.7 Å². The SMILES string of the molecule is CC(CN)SC(C(=O)O)C(C)C. The van der Waals surface area contributed by atoms with Crippen molar-refractivity contribution in [2.24, 2.45) is 11.7 Å². The Hall–Kier alpha value is -0.220. The van der Waals surface area contributed by atoms with Crippen molar-refractivity contribution in [3.8, 4) is 0 Å². The third kappa shape index (κ3) is 3.97. The Kier molecular flexibility index (Phi) is 5.33. The summed E-state index contributed by atoms with van der Waals surface area (Å²) in [7, 11) is 0. The fourth-order valence-corrected chi connectivity index (χ4v) is 1.85. The number of rotatable bonds is 5. The molecular weight excluding hydrogens is 174 g/mol. The number of carbonyl (C=O) groups is 1. The van der Waals surface area contributed by atoms with E-state index in [2.05, 4.69) is 0 Å². The molecule has 0 aliphatic heterocycles. The smallest absolute Gasteiger partial charge is 0.316 e. The fourth-order valence-electron chi connectivity index (χ4n) is 0.806.